The fourth-order valence-electron chi connectivity index (χ4n) is 3.25. The lowest BCUT2D eigenvalue weighted by molar-refractivity contribution is -0.124. The number of hydroxylamine groups is 1. The number of halogens is 1. The van der Waals surface area contributed by atoms with Gasteiger partial charge in [0.1, 0.15) is 5.82 Å². The van der Waals surface area contributed by atoms with E-state index in [1.807, 2.05) is 12.1 Å². The molecule has 0 saturated heterocycles. The van der Waals surface area contributed by atoms with E-state index in [0.29, 0.717) is 28.2 Å². The van der Waals surface area contributed by atoms with E-state index in [1.165, 1.54) is 30.8 Å². The van der Waals surface area contributed by atoms with Crippen molar-refractivity contribution in [2.45, 2.75) is 6.54 Å². The Balaban J connectivity index is 1.81. The molecule has 0 bridgehead atoms. The Kier molecular flexibility index (Phi) is 8.75. The molecule has 3 aromatic carbocycles. The number of amides is 2. The Bertz CT molecular complexity index is 1240. The number of hydrogen-bond acceptors (Lipinski definition) is 5. The number of hydrogen-bond donors (Lipinski definition) is 3. The fourth-order valence-corrected chi connectivity index (χ4v) is 3.25. The van der Waals surface area contributed by atoms with Crippen LogP contribution in [0.2, 0.25) is 0 Å². The van der Waals surface area contributed by atoms with E-state index in [0.717, 1.165) is 11.1 Å². The minimum Gasteiger partial charge on any atom is -0.493 e. The summed E-state index contributed by atoms with van der Waals surface area (Å²) in [5.74, 6) is -0.283. The zero-order valence-electron chi connectivity index (χ0n) is 19.2. The molecule has 0 aliphatic rings. The van der Waals surface area contributed by atoms with Crippen molar-refractivity contribution in [1.29, 1.82) is 0 Å². The van der Waals surface area contributed by atoms with Crippen molar-refractivity contribution >= 4 is 29.5 Å². The van der Waals surface area contributed by atoms with E-state index in [2.05, 4.69) is 5.32 Å². The van der Waals surface area contributed by atoms with Crippen LogP contribution >= 0.6 is 0 Å². The Morgan fingerprint density at radius 1 is 0.914 bits per heavy atom. The zero-order valence-corrected chi connectivity index (χ0v) is 19.2. The van der Waals surface area contributed by atoms with Gasteiger partial charge in [-0.15, -0.1) is 0 Å². The van der Waals surface area contributed by atoms with Crippen LogP contribution in [0.25, 0.3) is 17.7 Å². The largest absolute Gasteiger partial charge is 0.493 e. The van der Waals surface area contributed by atoms with Gasteiger partial charge >= 0.3 is 0 Å². The molecule has 0 aliphatic heterocycles. The normalized spacial score (nSPS) is 11.3. The second-order valence-electron chi connectivity index (χ2n) is 7.41. The van der Waals surface area contributed by atoms with Crippen LogP contribution < -0.4 is 20.3 Å². The molecule has 3 N–H and O–H groups in total. The van der Waals surface area contributed by atoms with Crippen LogP contribution in [0.15, 0.2) is 72.8 Å². The van der Waals surface area contributed by atoms with Gasteiger partial charge in [0.05, 0.1) is 14.2 Å². The molecule has 0 saturated carbocycles. The number of ether oxygens (including phenoxy) is 2. The van der Waals surface area contributed by atoms with Gasteiger partial charge in [0.25, 0.3) is 11.8 Å². The Labute approximate surface area is 202 Å². The molecule has 3 aromatic rings. The molecule has 8 heteroatoms. The first-order valence-electron chi connectivity index (χ1n) is 10.6. The van der Waals surface area contributed by atoms with Crippen molar-refractivity contribution in [1.82, 2.24) is 10.8 Å². The third-order valence-electron chi connectivity index (χ3n) is 5.09. The Morgan fingerprint density at radius 3 is 2.20 bits per heavy atom. The van der Waals surface area contributed by atoms with Gasteiger partial charge in [0.2, 0.25) is 0 Å². The highest BCUT2D eigenvalue weighted by Gasteiger charge is 2.14. The summed E-state index contributed by atoms with van der Waals surface area (Å²) in [5, 5.41) is 11.4. The van der Waals surface area contributed by atoms with Crippen LogP contribution in [0.5, 0.6) is 11.5 Å². The maximum absolute atomic E-state index is 13.5. The molecule has 7 nitrogen and oxygen atoms in total. The van der Waals surface area contributed by atoms with Gasteiger partial charge in [0, 0.05) is 18.2 Å². The van der Waals surface area contributed by atoms with Crippen molar-refractivity contribution in [2.75, 3.05) is 14.2 Å². The lowest BCUT2D eigenvalue weighted by Gasteiger charge is -2.12. The lowest BCUT2D eigenvalue weighted by atomic mass is 10.0. The SMILES string of the molecule is COc1ccc(C=C(C(=O)NCc2ccc(/C=C/C(=O)NO)cc2)c2ccc(F)cc2)cc1OC. The highest BCUT2D eigenvalue weighted by Crippen LogP contribution is 2.29. The molecule has 0 radical (unpaired) electrons. The molecule has 0 unspecified atom stereocenters. The second-order valence-corrected chi connectivity index (χ2v) is 7.41. The van der Waals surface area contributed by atoms with Gasteiger partial charge in [-0.05, 0) is 58.7 Å². The summed E-state index contributed by atoms with van der Waals surface area (Å²) in [6, 6.07) is 18.2. The van der Waals surface area contributed by atoms with Crippen molar-refractivity contribution in [3.05, 3.63) is 101 Å². The molecule has 35 heavy (non-hydrogen) atoms. The average Bonchev–Trinajstić information content (AvgIpc) is 2.89. The van der Waals surface area contributed by atoms with Crippen LogP contribution in [-0.2, 0) is 16.1 Å². The third-order valence-corrected chi connectivity index (χ3v) is 5.09. The predicted molar refractivity (Wildman–Crippen MR) is 131 cm³/mol. The van der Waals surface area contributed by atoms with Gasteiger partial charge in [-0.3, -0.25) is 14.8 Å². The van der Waals surface area contributed by atoms with Crippen LogP contribution in [0.3, 0.4) is 0 Å². The molecule has 0 spiro atoms. The zero-order chi connectivity index (χ0) is 25.2. The van der Waals surface area contributed by atoms with Crippen LogP contribution in [0.1, 0.15) is 22.3 Å². The average molecular weight is 477 g/mol. The van der Waals surface area contributed by atoms with Crippen molar-refractivity contribution in [3.63, 3.8) is 0 Å². The summed E-state index contributed by atoms with van der Waals surface area (Å²) in [6.45, 7) is 0.254. The lowest BCUT2D eigenvalue weighted by Crippen LogP contribution is -2.23. The minimum atomic E-state index is -0.629. The first-order chi connectivity index (χ1) is 16.9. The summed E-state index contributed by atoms with van der Waals surface area (Å²) in [4.78, 5) is 24.2. The van der Waals surface area contributed by atoms with Crippen LogP contribution in [-0.4, -0.2) is 31.2 Å². The van der Waals surface area contributed by atoms with Crippen molar-refractivity contribution in [3.8, 4) is 11.5 Å². The van der Waals surface area contributed by atoms with E-state index in [-0.39, 0.29) is 12.5 Å². The first kappa shape index (κ1) is 25.2. The van der Waals surface area contributed by atoms with Gasteiger partial charge in [-0.1, -0.05) is 42.5 Å². The molecule has 0 atom stereocenters. The molecule has 0 heterocycles. The maximum atomic E-state index is 13.5. The summed E-state index contributed by atoms with van der Waals surface area (Å²) in [6.07, 6.45) is 4.45. The third kappa shape index (κ3) is 7.02. The van der Waals surface area contributed by atoms with Gasteiger partial charge in [-0.2, -0.15) is 0 Å². The molecular weight excluding hydrogens is 451 g/mol. The topological polar surface area (TPSA) is 96.9 Å². The molecule has 0 fully saturated rings. The quantitative estimate of drug-likeness (QED) is 0.186. The molecular formula is C27H25FN2O5. The minimum absolute atomic E-state index is 0.254. The number of rotatable bonds is 9. The standard InChI is InChI=1S/C27H25FN2O5/c1-34-24-13-7-20(16-25(24)35-2)15-23(21-9-11-22(28)12-10-21)27(32)29-17-19-5-3-18(4-6-19)8-14-26(31)30-33/h3-16,33H,17H2,1-2H3,(H,29,32)(H,30,31)/b14-8+,23-15?. The van der Waals surface area contributed by atoms with E-state index >= 15 is 0 Å². The monoisotopic (exact) mass is 476 g/mol. The Morgan fingerprint density at radius 2 is 1.57 bits per heavy atom. The fraction of sp³-hybridized carbons (Fsp3) is 0.111. The summed E-state index contributed by atoms with van der Waals surface area (Å²) < 4.78 is 24.1. The smallest absolute Gasteiger partial charge is 0.267 e. The Hall–Kier alpha value is -4.43. The highest BCUT2D eigenvalue weighted by atomic mass is 19.1. The highest BCUT2D eigenvalue weighted by molar-refractivity contribution is 6.24. The number of nitrogens with one attached hydrogen (secondary N) is 2. The number of carbonyl (C=O) groups excluding carboxylic acids is 2. The van der Waals surface area contributed by atoms with Gasteiger partial charge in [0.15, 0.2) is 11.5 Å². The first-order valence-corrected chi connectivity index (χ1v) is 10.6. The van der Waals surface area contributed by atoms with Gasteiger partial charge < -0.3 is 14.8 Å². The van der Waals surface area contributed by atoms with E-state index in [1.54, 1.807) is 61.7 Å². The van der Waals surface area contributed by atoms with E-state index in [4.69, 9.17) is 14.7 Å². The van der Waals surface area contributed by atoms with E-state index in [9.17, 15) is 14.0 Å². The second kappa shape index (κ2) is 12.2. The maximum Gasteiger partial charge on any atom is 0.267 e. The molecule has 2 amide bonds. The van der Waals surface area contributed by atoms with Crippen LogP contribution in [0, 0.1) is 5.82 Å². The molecule has 180 valence electrons. The molecule has 0 aromatic heterocycles. The summed E-state index contributed by atoms with van der Waals surface area (Å²) >= 11 is 0. The summed E-state index contributed by atoms with van der Waals surface area (Å²) in [7, 11) is 3.07. The number of benzene rings is 3. The molecule has 3 rings (SSSR count). The number of carbonyl (C=O) groups is 2. The van der Waals surface area contributed by atoms with Gasteiger partial charge in [-0.25, -0.2) is 9.87 Å². The van der Waals surface area contributed by atoms with Crippen molar-refractivity contribution < 1.29 is 28.7 Å². The number of methoxy groups -OCH3 is 2. The summed E-state index contributed by atoms with van der Waals surface area (Å²) in [5.41, 5.74) is 4.74. The molecule has 0 aliphatic carbocycles. The predicted octanol–water partition coefficient (Wildman–Crippen LogP) is 4.22. The van der Waals surface area contributed by atoms with Crippen molar-refractivity contribution in [2.24, 2.45) is 0 Å². The van der Waals surface area contributed by atoms with E-state index < -0.39 is 11.7 Å². The van der Waals surface area contributed by atoms with Crippen LogP contribution in [0.4, 0.5) is 4.39 Å².